The van der Waals surface area contributed by atoms with Crippen LogP contribution in [0, 0.1) is 0 Å². The zero-order valence-electron chi connectivity index (χ0n) is 14.6. The summed E-state index contributed by atoms with van der Waals surface area (Å²) in [4.78, 5) is 37.4. The number of alkyl halides is 1. The minimum atomic E-state index is -1.01. The second-order valence-electron chi connectivity index (χ2n) is 7.09. The maximum Gasteiger partial charge on any atom is 0.327 e. The lowest BCUT2D eigenvalue weighted by Gasteiger charge is -2.43. The lowest BCUT2D eigenvalue weighted by atomic mass is 9.96. The van der Waals surface area contributed by atoms with Crippen LogP contribution in [0.3, 0.4) is 0 Å². The summed E-state index contributed by atoms with van der Waals surface area (Å²) in [6, 6.07) is 6.23. The van der Waals surface area contributed by atoms with Crippen molar-refractivity contribution in [3.63, 3.8) is 0 Å². The first-order valence-electron chi connectivity index (χ1n) is 8.40. The fourth-order valence-corrected chi connectivity index (χ4v) is 5.25. The first-order valence-corrected chi connectivity index (χ1v) is 9.82. The lowest BCUT2D eigenvalue weighted by Crippen LogP contribution is -2.70. The van der Waals surface area contributed by atoms with Gasteiger partial charge in [-0.25, -0.2) is 4.79 Å². The molecule has 140 valence electrons. The third-order valence-electron chi connectivity index (χ3n) is 4.81. The SMILES string of the molecule is CC1(C)SC2C(NC(=O)CCc3ccc(CCl)cc3)C(=O)N2C1C(=O)O. The number of hydrogen-bond acceptors (Lipinski definition) is 4. The minimum absolute atomic E-state index is 0.207. The monoisotopic (exact) mass is 396 g/mol. The molecule has 0 radical (unpaired) electrons. The average Bonchev–Trinajstić information content (AvgIpc) is 2.86. The number of rotatable bonds is 6. The molecule has 2 N–H and O–H groups in total. The number of halogens is 1. The number of carboxylic acids is 1. The van der Waals surface area contributed by atoms with Crippen molar-refractivity contribution in [3.05, 3.63) is 35.4 Å². The highest BCUT2D eigenvalue weighted by Crippen LogP contribution is 2.50. The maximum atomic E-state index is 12.3. The van der Waals surface area contributed by atoms with Crippen LogP contribution in [0.15, 0.2) is 24.3 Å². The van der Waals surface area contributed by atoms with Crippen molar-refractivity contribution in [2.75, 3.05) is 0 Å². The fraction of sp³-hybridized carbons (Fsp3) is 0.500. The number of carbonyl (C=O) groups excluding carboxylic acids is 2. The molecule has 3 atom stereocenters. The van der Waals surface area contributed by atoms with Gasteiger partial charge in [0, 0.05) is 17.0 Å². The number of amides is 2. The standard InChI is InChI=1S/C18H21ClN2O4S/c1-18(2)14(17(24)25)21-15(23)13(16(21)26-18)20-12(22)8-7-10-3-5-11(9-19)6-4-10/h3-6,13-14,16H,7-9H2,1-2H3,(H,20,22)(H,24,25). The zero-order valence-corrected chi connectivity index (χ0v) is 16.1. The van der Waals surface area contributed by atoms with E-state index in [9.17, 15) is 19.5 Å². The molecule has 2 fully saturated rings. The molecule has 1 aromatic carbocycles. The van der Waals surface area contributed by atoms with Gasteiger partial charge in [-0.1, -0.05) is 24.3 Å². The predicted octanol–water partition coefficient (Wildman–Crippen LogP) is 1.99. The van der Waals surface area contributed by atoms with Crippen molar-refractivity contribution in [2.24, 2.45) is 0 Å². The summed E-state index contributed by atoms with van der Waals surface area (Å²) in [5, 5.41) is 11.8. The fourth-order valence-electron chi connectivity index (χ4n) is 3.44. The number of aryl methyl sites for hydroxylation is 1. The molecular weight excluding hydrogens is 376 g/mol. The van der Waals surface area contributed by atoms with Crippen LogP contribution in [0.25, 0.3) is 0 Å². The Labute approximate surface area is 161 Å². The molecule has 6 nitrogen and oxygen atoms in total. The molecule has 2 amide bonds. The zero-order chi connectivity index (χ0) is 19.1. The van der Waals surface area contributed by atoms with E-state index in [1.807, 2.05) is 38.1 Å². The minimum Gasteiger partial charge on any atom is -0.480 e. The van der Waals surface area contributed by atoms with E-state index in [1.54, 1.807) is 0 Å². The second-order valence-corrected chi connectivity index (χ2v) is 9.13. The largest absolute Gasteiger partial charge is 0.480 e. The summed E-state index contributed by atoms with van der Waals surface area (Å²) >= 11 is 7.18. The Hall–Kier alpha value is -1.73. The second kappa shape index (κ2) is 7.12. The molecule has 2 heterocycles. The smallest absolute Gasteiger partial charge is 0.327 e. The Bertz CT molecular complexity index is 737. The van der Waals surface area contributed by atoms with Crippen molar-refractivity contribution < 1.29 is 19.5 Å². The molecule has 2 aliphatic rings. The van der Waals surface area contributed by atoms with Crippen LogP contribution in [-0.4, -0.2) is 50.0 Å². The Morgan fingerprint density at radius 3 is 2.46 bits per heavy atom. The van der Waals surface area contributed by atoms with E-state index in [4.69, 9.17) is 11.6 Å². The first kappa shape index (κ1) is 19.0. The first-order chi connectivity index (χ1) is 12.2. The number of hydrogen-bond donors (Lipinski definition) is 2. The molecule has 2 aliphatic heterocycles. The summed E-state index contributed by atoms with van der Waals surface area (Å²) in [6.45, 7) is 3.62. The highest BCUT2D eigenvalue weighted by molar-refractivity contribution is 8.01. The molecule has 0 spiro atoms. The number of thioether (sulfide) groups is 1. The third-order valence-corrected chi connectivity index (χ3v) is 6.69. The van der Waals surface area contributed by atoms with Crippen LogP contribution in [0.2, 0.25) is 0 Å². The van der Waals surface area contributed by atoms with Crippen molar-refractivity contribution in [3.8, 4) is 0 Å². The number of benzene rings is 1. The van der Waals surface area contributed by atoms with Gasteiger partial charge in [0.2, 0.25) is 11.8 Å². The predicted molar refractivity (Wildman–Crippen MR) is 100.0 cm³/mol. The number of nitrogens with one attached hydrogen (secondary N) is 1. The van der Waals surface area contributed by atoms with Gasteiger partial charge < -0.3 is 15.3 Å². The highest BCUT2D eigenvalue weighted by atomic mass is 35.5. The molecule has 0 bridgehead atoms. The van der Waals surface area contributed by atoms with Crippen molar-refractivity contribution in [1.29, 1.82) is 0 Å². The van der Waals surface area contributed by atoms with Gasteiger partial charge in [-0.2, -0.15) is 0 Å². The van der Waals surface area contributed by atoms with E-state index in [-0.39, 0.29) is 23.6 Å². The number of carboxylic acid groups (broad SMARTS) is 1. The number of fused-ring (bicyclic) bond motifs is 1. The van der Waals surface area contributed by atoms with Crippen LogP contribution < -0.4 is 5.32 Å². The van der Waals surface area contributed by atoms with E-state index in [0.29, 0.717) is 12.3 Å². The molecule has 3 rings (SSSR count). The summed E-state index contributed by atoms with van der Waals surface area (Å²) < 4.78 is -0.587. The van der Waals surface area contributed by atoms with Gasteiger partial charge in [0.25, 0.3) is 0 Å². The van der Waals surface area contributed by atoms with Gasteiger partial charge in [0.15, 0.2) is 0 Å². The molecular formula is C18H21ClN2O4S. The lowest BCUT2D eigenvalue weighted by molar-refractivity contribution is -0.161. The van der Waals surface area contributed by atoms with Gasteiger partial charge in [0.05, 0.1) is 0 Å². The number of aliphatic carboxylic acids is 1. The summed E-state index contributed by atoms with van der Waals surface area (Å²) in [7, 11) is 0. The summed E-state index contributed by atoms with van der Waals surface area (Å²) in [6.07, 6.45) is 0.840. The molecule has 0 saturated carbocycles. The molecule has 0 aromatic heterocycles. The average molecular weight is 397 g/mol. The number of carbonyl (C=O) groups is 3. The molecule has 3 unspecified atom stereocenters. The van der Waals surface area contributed by atoms with E-state index in [1.165, 1.54) is 16.7 Å². The highest BCUT2D eigenvalue weighted by Gasteiger charge is 2.64. The van der Waals surface area contributed by atoms with Crippen LogP contribution in [0.1, 0.15) is 31.4 Å². The molecule has 1 aromatic rings. The van der Waals surface area contributed by atoms with Crippen LogP contribution >= 0.6 is 23.4 Å². The Morgan fingerprint density at radius 1 is 1.27 bits per heavy atom. The Kier molecular flexibility index (Phi) is 5.21. The van der Waals surface area contributed by atoms with E-state index < -0.39 is 22.8 Å². The van der Waals surface area contributed by atoms with Crippen LogP contribution in [-0.2, 0) is 26.7 Å². The number of β-lactam (4-membered cyclic amide) rings is 1. The van der Waals surface area contributed by atoms with Gasteiger partial charge in [-0.3, -0.25) is 9.59 Å². The molecule has 26 heavy (non-hydrogen) atoms. The number of nitrogens with zero attached hydrogens (tertiary/aromatic N) is 1. The van der Waals surface area contributed by atoms with Gasteiger partial charge in [-0.05, 0) is 31.4 Å². The van der Waals surface area contributed by atoms with E-state index >= 15 is 0 Å². The topological polar surface area (TPSA) is 86.7 Å². The van der Waals surface area contributed by atoms with Crippen LogP contribution in [0.5, 0.6) is 0 Å². The molecule has 0 aliphatic carbocycles. The normalized spacial score (nSPS) is 26.2. The summed E-state index contributed by atoms with van der Waals surface area (Å²) in [5.74, 6) is -1.08. The van der Waals surface area contributed by atoms with Crippen molar-refractivity contribution >= 4 is 41.1 Å². The maximum absolute atomic E-state index is 12.3. The van der Waals surface area contributed by atoms with Crippen molar-refractivity contribution in [2.45, 2.75) is 54.8 Å². The molecule has 2 saturated heterocycles. The quantitative estimate of drug-likeness (QED) is 0.567. The van der Waals surface area contributed by atoms with Crippen LogP contribution in [0.4, 0.5) is 0 Å². The van der Waals surface area contributed by atoms with E-state index in [2.05, 4.69) is 5.32 Å². The molecule has 8 heteroatoms. The summed E-state index contributed by atoms with van der Waals surface area (Å²) in [5.41, 5.74) is 2.05. The van der Waals surface area contributed by atoms with Gasteiger partial charge in [0.1, 0.15) is 17.5 Å². The Morgan fingerprint density at radius 2 is 1.88 bits per heavy atom. The third kappa shape index (κ3) is 3.42. The Balaban J connectivity index is 1.56. The van der Waals surface area contributed by atoms with Crippen molar-refractivity contribution in [1.82, 2.24) is 10.2 Å². The van der Waals surface area contributed by atoms with Gasteiger partial charge >= 0.3 is 5.97 Å². The van der Waals surface area contributed by atoms with Gasteiger partial charge in [-0.15, -0.1) is 23.4 Å². The van der Waals surface area contributed by atoms with E-state index in [0.717, 1.165) is 11.1 Å².